The quantitative estimate of drug-likeness (QED) is 0.196. The Balaban J connectivity index is 0.000000329. The van der Waals surface area contributed by atoms with Gasteiger partial charge >= 0.3 is 0 Å². The van der Waals surface area contributed by atoms with Crippen LogP contribution in [0.15, 0.2) is 60.2 Å². The zero-order valence-corrected chi connectivity index (χ0v) is 33.0. The van der Waals surface area contributed by atoms with Crippen molar-refractivity contribution in [3.8, 4) is 5.75 Å². The predicted molar refractivity (Wildman–Crippen MR) is 211 cm³/mol. The summed E-state index contributed by atoms with van der Waals surface area (Å²) in [6.45, 7) is 17.3. The Bertz CT molecular complexity index is 1430. The number of allylic oxidation sites excluding steroid dienone is 4. The van der Waals surface area contributed by atoms with Gasteiger partial charge in [-0.1, -0.05) is 70.9 Å². The summed E-state index contributed by atoms with van der Waals surface area (Å²) in [6, 6.07) is 7.16. The van der Waals surface area contributed by atoms with Crippen LogP contribution in [0, 0.1) is 51.2 Å². The van der Waals surface area contributed by atoms with Crippen molar-refractivity contribution in [3.05, 3.63) is 65.8 Å². The van der Waals surface area contributed by atoms with Crippen LogP contribution in [0.2, 0.25) is 0 Å². The monoisotopic (exact) mass is 699 g/mol. The van der Waals surface area contributed by atoms with E-state index in [0.717, 1.165) is 74.2 Å². The summed E-state index contributed by atoms with van der Waals surface area (Å²) in [4.78, 5) is 25.1. The van der Waals surface area contributed by atoms with Crippen molar-refractivity contribution in [2.45, 2.75) is 137 Å². The minimum absolute atomic E-state index is 0.122. The third kappa shape index (κ3) is 7.99. The van der Waals surface area contributed by atoms with Crippen LogP contribution < -0.4 is 10.6 Å². The predicted octanol–water partition coefficient (Wildman–Crippen LogP) is 10.5. The molecule has 0 bridgehead atoms. The number of rotatable bonds is 7. The molecule has 5 saturated carbocycles. The highest BCUT2D eigenvalue weighted by molar-refractivity contribution is 5.83. The van der Waals surface area contributed by atoms with Crippen LogP contribution in [0.1, 0.15) is 136 Å². The van der Waals surface area contributed by atoms with Gasteiger partial charge in [-0.2, -0.15) is 0 Å². The molecule has 0 heterocycles. The molecule has 5 fully saturated rings. The molecule has 6 aliphatic rings. The van der Waals surface area contributed by atoms with E-state index in [4.69, 9.17) is 5.11 Å². The topological polar surface area (TPSA) is 78.4 Å². The first-order valence-corrected chi connectivity index (χ1v) is 20.5. The Morgan fingerprint density at radius 3 is 2.35 bits per heavy atom. The number of hydrogen-bond acceptors (Lipinski definition) is 4. The molecule has 5 nitrogen and oxygen atoms in total. The Morgan fingerprint density at radius 1 is 0.902 bits per heavy atom. The Hall–Kier alpha value is -2.66. The van der Waals surface area contributed by atoms with Crippen molar-refractivity contribution in [3.63, 3.8) is 0 Å². The van der Waals surface area contributed by atoms with Crippen LogP contribution in [0.25, 0.3) is 0 Å². The summed E-state index contributed by atoms with van der Waals surface area (Å²) < 4.78 is 0. The van der Waals surface area contributed by atoms with E-state index in [1.807, 2.05) is 32.2 Å². The lowest BCUT2D eigenvalue weighted by molar-refractivity contribution is -0.196. The van der Waals surface area contributed by atoms with Crippen LogP contribution in [-0.4, -0.2) is 30.9 Å². The molecule has 0 aliphatic heterocycles. The molecular weight excluding hydrogens is 629 g/mol. The van der Waals surface area contributed by atoms with Gasteiger partial charge in [0, 0.05) is 13.1 Å². The van der Waals surface area contributed by atoms with Crippen LogP contribution in [0.3, 0.4) is 0 Å². The van der Waals surface area contributed by atoms with Gasteiger partial charge in [0.2, 0.25) is 5.91 Å². The molecule has 51 heavy (non-hydrogen) atoms. The molecule has 5 heteroatoms. The smallest absolute Gasteiger partial charge is 0.226 e. The Kier molecular flexibility index (Phi) is 12.8. The van der Waals surface area contributed by atoms with Crippen molar-refractivity contribution >= 4 is 12.2 Å². The molecule has 1 aromatic rings. The maximum absolute atomic E-state index is 13.9. The van der Waals surface area contributed by atoms with Crippen molar-refractivity contribution < 1.29 is 14.7 Å². The lowest BCUT2D eigenvalue weighted by atomic mass is 9.36. The SMILES string of the molecule is C=CC.CC1(C)CCCC2(C)C1CCC1(C)C3CCC4(C(=O)NCCC5=CCCC(C=O)=C5)CCCC4C3CCC12.CNCc1ccc(O)cc1. The number of carbonyl (C=O) groups is 2. The first-order chi connectivity index (χ1) is 24.4. The first-order valence-electron chi connectivity index (χ1n) is 20.5. The van der Waals surface area contributed by atoms with Gasteiger partial charge in [-0.15, -0.1) is 6.58 Å². The molecule has 0 radical (unpaired) electrons. The van der Waals surface area contributed by atoms with Crippen molar-refractivity contribution in [1.29, 1.82) is 0 Å². The number of aldehydes is 1. The standard InChI is InChI=1S/C35H53NO2.C8H11NO.C3H6/c1-32(2)16-7-17-34(4)29(32)14-19-33(3)27-13-20-35(18-6-10-28(35)26(27)11-12-30(33)34)31(38)36-21-15-24-8-5-9-25(22-24)23-37;1-9-6-7-2-4-8(10)5-3-7;1-3-2/h8,22-23,26-30H,5-7,9-21H2,1-4H3,(H,36,38);2-5,9-10H,6H2,1H3;3H,1H2,2H3. The molecule has 0 aromatic heterocycles. The number of fused-ring (bicyclic) bond motifs is 7. The van der Waals surface area contributed by atoms with Gasteiger partial charge in [-0.3, -0.25) is 9.59 Å². The van der Waals surface area contributed by atoms with Crippen LogP contribution in [0.4, 0.5) is 0 Å². The zero-order chi connectivity index (χ0) is 36.9. The van der Waals surface area contributed by atoms with Gasteiger partial charge in [0.05, 0.1) is 5.41 Å². The number of nitrogens with one attached hydrogen (secondary N) is 2. The maximum Gasteiger partial charge on any atom is 0.226 e. The minimum atomic E-state index is -0.122. The number of benzene rings is 1. The molecule has 1 aromatic carbocycles. The van der Waals surface area contributed by atoms with E-state index in [1.54, 1.807) is 18.2 Å². The summed E-state index contributed by atoms with van der Waals surface area (Å²) in [5, 5.41) is 15.3. The second-order valence-electron chi connectivity index (χ2n) is 18.3. The summed E-state index contributed by atoms with van der Waals surface area (Å²) in [5.41, 5.74) is 4.63. The van der Waals surface area contributed by atoms with E-state index in [0.29, 0.717) is 40.4 Å². The fourth-order valence-electron chi connectivity index (χ4n) is 13.1. The van der Waals surface area contributed by atoms with Crippen LogP contribution >= 0.6 is 0 Å². The van der Waals surface area contributed by atoms with Crippen molar-refractivity contribution in [1.82, 2.24) is 10.6 Å². The molecule has 3 N–H and O–H groups in total. The van der Waals surface area contributed by atoms with E-state index >= 15 is 0 Å². The fourth-order valence-corrected chi connectivity index (χ4v) is 13.1. The normalized spacial score (nSPS) is 36.0. The van der Waals surface area contributed by atoms with Gasteiger partial charge in [0.25, 0.3) is 0 Å². The largest absolute Gasteiger partial charge is 0.508 e. The highest BCUT2D eigenvalue weighted by Gasteiger charge is 2.66. The lowest BCUT2D eigenvalue weighted by Crippen LogP contribution is -2.62. The highest BCUT2D eigenvalue weighted by Crippen LogP contribution is 2.73. The van der Waals surface area contributed by atoms with E-state index in [9.17, 15) is 9.59 Å². The number of amides is 1. The molecule has 7 rings (SSSR count). The van der Waals surface area contributed by atoms with Crippen molar-refractivity contribution in [2.24, 2.45) is 51.2 Å². The summed E-state index contributed by atoms with van der Waals surface area (Å²) in [7, 11) is 1.90. The molecule has 6 aliphatic carbocycles. The van der Waals surface area contributed by atoms with E-state index in [1.165, 1.54) is 75.3 Å². The fraction of sp³-hybridized carbons (Fsp3) is 0.696. The highest BCUT2D eigenvalue weighted by atomic mass is 16.3. The molecular formula is C46H70N2O3. The molecule has 0 saturated heterocycles. The number of hydrogen-bond donors (Lipinski definition) is 3. The summed E-state index contributed by atoms with van der Waals surface area (Å²) in [5.74, 6) is 4.57. The van der Waals surface area contributed by atoms with Gasteiger partial charge in [-0.25, -0.2) is 0 Å². The number of aromatic hydroxyl groups is 1. The van der Waals surface area contributed by atoms with Gasteiger partial charge in [-0.05, 0) is 172 Å². The number of carbonyl (C=O) groups excluding carboxylic acids is 2. The number of phenolic OH excluding ortho intramolecular Hbond substituents is 1. The molecule has 8 atom stereocenters. The average Bonchev–Trinajstić information content (AvgIpc) is 3.56. The Morgan fingerprint density at radius 2 is 1.65 bits per heavy atom. The molecule has 1 amide bonds. The van der Waals surface area contributed by atoms with Gasteiger partial charge in [0.15, 0.2) is 0 Å². The molecule has 282 valence electrons. The van der Waals surface area contributed by atoms with Crippen molar-refractivity contribution in [2.75, 3.05) is 13.6 Å². The average molecular weight is 699 g/mol. The van der Waals surface area contributed by atoms with Gasteiger partial charge in [0.1, 0.15) is 12.0 Å². The second-order valence-corrected chi connectivity index (χ2v) is 18.3. The third-order valence-electron chi connectivity index (χ3n) is 15.1. The van der Waals surface area contributed by atoms with E-state index in [-0.39, 0.29) is 5.41 Å². The van der Waals surface area contributed by atoms with E-state index < -0.39 is 0 Å². The van der Waals surface area contributed by atoms with Gasteiger partial charge < -0.3 is 15.7 Å². The zero-order valence-electron chi connectivity index (χ0n) is 33.0. The Labute approximate surface area is 310 Å². The second kappa shape index (κ2) is 16.6. The minimum Gasteiger partial charge on any atom is -0.508 e. The third-order valence-corrected chi connectivity index (χ3v) is 15.1. The molecule has 0 spiro atoms. The lowest BCUT2D eigenvalue weighted by Gasteiger charge is -2.68. The van der Waals surface area contributed by atoms with Crippen LogP contribution in [-0.2, 0) is 16.1 Å². The number of phenols is 1. The molecule has 8 unspecified atom stereocenters. The maximum atomic E-state index is 13.9. The van der Waals surface area contributed by atoms with Crippen LogP contribution in [0.5, 0.6) is 5.75 Å². The first kappa shape index (κ1) is 39.5. The summed E-state index contributed by atoms with van der Waals surface area (Å²) in [6.07, 6.45) is 25.5. The summed E-state index contributed by atoms with van der Waals surface area (Å²) >= 11 is 0. The van der Waals surface area contributed by atoms with E-state index in [2.05, 4.69) is 51.0 Å².